The third-order valence-corrected chi connectivity index (χ3v) is 3.82. The highest BCUT2D eigenvalue weighted by Gasteiger charge is 2.35. The van der Waals surface area contributed by atoms with Crippen molar-refractivity contribution in [2.75, 3.05) is 13.7 Å². The number of aromatic hydroxyl groups is 1. The number of aliphatic hydroxyl groups is 1. The summed E-state index contributed by atoms with van der Waals surface area (Å²) in [6.07, 6.45) is -1.01. The molecule has 22 heavy (non-hydrogen) atoms. The van der Waals surface area contributed by atoms with Crippen molar-refractivity contribution < 1.29 is 24.5 Å². The molecule has 0 aliphatic carbocycles. The van der Waals surface area contributed by atoms with Crippen LogP contribution in [0.15, 0.2) is 42.5 Å². The average molecular weight is 300 g/mol. The molecule has 2 atom stereocenters. The standard InChI is InChI=1S/C17H16O5/c1-21-12-5-2-10(3-6-12)16(19)14-9-22-15-7-4-11(18)8-13(15)17(14)20/h2-8,14,17-18,20H,9H2,1H3. The number of ketones is 1. The summed E-state index contributed by atoms with van der Waals surface area (Å²) in [6.45, 7) is 0.101. The first-order valence-corrected chi connectivity index (χ1v) is 6.92. The Labute approximate surface area is 127 Å². The second kappa shape index (κ2) is 5.69. The van der Waals surface area contributed by atoms with Crippen LogP contribution < -0.4 is 9.47 Å². The number of rotatable bonds is 3. The molecule has 0 bridgehead atoms. The van der Waals surface area contributed by atoms with E-state index in [-0.39, 0.29) is 18.1 Å². The predicted molar refractivity (Wildman–Crippen MR) is 79.4 cm³/mol. The van der Waals surface area contributed by atoms with Gasteiger partial charge in [-0.1, -0.05) is 0 Å². The molecular weight excluding hydrogens is 284 g/mol. The van der Waals surface area contributed by atoms with E-state index in [0.29, 0.717) is 22.6 Å². The van der Waals surface area contributed by atoms with Gasteiger partial charge in [0.1, 0.15) is 23.9 Å². The fourth-order valence-electron chi connectivity index (χ4n) is 2.57. The molecule has 0 spiro atoms. The van der Waals surface area contributed by atoms with Gasteiger partial charge in [0.25, 0.3) is 0 Å². The Balaban J connectivity index is 1.87. The molecule has 0 aromatic heterocycles. The molecule has 2 aromatic rings. The molecule has 0 saturated carbocycles. The summed E-state index contributed by atoms with van der Waals surface area (Å²) in [4.78, 5) is 12.6. The summed E-state index contributed by atoms with van der Waals surface area (Å²) >= 11 is 0. The van der Waals surface area contributed by atoms with E-state index in [0.717, 1.165) is 0 Å². The van der Waals surface area contributed by atoms with Crippen LogP contribution in [0, 0.1) is 5.92 Å². The molecule has 3 rings (SSSR count). The lowest BCUT2D eigenvalue weighted by atomic mass is 9.87. The lowest BCUT2D eigenvalue weighted by Gasteiger charge is -2.29. The van der Waals surface area contributed by atoms with E-state index in [4.69, 9.17) is 9.47 Å². The minimum atomic E-state index is -1.01. The lowest BCUT2D eigenvalue weighted by Crippen LogP contribution is -2.32. The first kappa shape index (κ1) is 14.4. The third kappa shape index (κ3) is 2.51. The number of methoxy groups -OCH3 is 1. The normalized spacial score (nSPS) is 19.9. The molecule has 0 amide bonds. The van der Waals surface area contributed by atoms with E-state index in [1.165, 1.54) is 12.1 Å². The Hall–Kier alpha value is -2.53. The number of carbonyl (C=O) groups excluding carboxylic acids is 1. The summed E-state index contributed by atoms with van der Waals surface area (Å²) in [5.41, 5.74) is 0.912. The van der Waals surface area contributed by atoms with Crippen molar-refractivity contribution in [2.24, 2.45) is 5.92 Å². The van der Waals surface area contributed by atoms with Crippen LogP contribution in [0.3, 0.4) is 0 Å². The van der Waals surface area contributed by atoms with Gasteiger partial charge in [-0.25, -0.2) is 0 Å². The van der Waals surface area contributed by atoms with Crippen molar-refractivity contribution >= 4 is 5.78 Å². The van der Waals surface area contributed by atoms with Crippen molar-refractivity contribution in [3.8, 4) is 17.2 Å². The maximum Gasteiger partial charge on any atom is 0.172 e. The number of hydrogen-bond donors (Lipinski definition) is 2. The fraction of sp³-hybridized carbons (Fsp3) is 0.235. The van der Waals surface area contributed by atoms with Gasteiger partial charge >= 0.3 is 0 Å². The number of phenols is 1. The minimum absolute atomic E-state index is 0.0268. The zero-order valence-electron chi connectivity index (χ0n) is 12.0. The second-order valence-electron chi connectivity index (χ2n) is 5.18. The molecule has 0 radical (unpaired) electrons. The molecule has 0 saturated heterocycles. The predicted octanol–water partition coefficient (Wildman–Crippen LogP) is 2.33. The molecule has 5 heteroatoms. The van der Waals surface area contributed by atoms with Crippen LogP contribution in [0.1, 0.15) is 22.0 Å². The van der Waals surface area contributed by atoms with Gasteiger partial charge in [-0.15, -0.1) is 0 Å². The molecule has 114 valence electrons. The van der Waals surface area contributed by atoms with E-state index >= 15 is 0 Å². The zero-order chi connectivity index (χ0) is 15.7. The molecule has 5 nitrogen and oxygen atoms in total. The summed E-state index contributed by atoms with van der Waals surface area (Å²) in [6, 6.07) is 11.2. The van der Waals surface area contributed by atoms with Crippen molar-refractivity contribution in [1.82, 2.24) is 0 Å². The third-order valence-electron chi connectivity index (χ3n) is 3.82. The van der Waals surface area contributed by atoms with Crippen molar-refractivity contribution in [3.63, 3.8) is 0 Å². The van der Waals surface area contributed by atoms with E-state index in [1.807, 2.05) is 0 Å². The topological polar surface area (TPSA) is 76.0 Å². The minimum Gasteiger partial charge on any atom is -0.508 e. The van der Waals surface area contributed by atoms with Crippen LogP contribution >= 0.6 is 0 Å². The van der Waals surface area contributed by atoms with E-state index < -0.39 is 12.0 Å². The molecule has 2 aromatic carbocycles. The highest BCUT2D eigenvalue weighted by molar-refractivity contribution is 5.98. The first-order valence-electron chi connectivity index (χ1n) is 6.92. The highest BCUT2D eigenvalue weighted by Crippen LogP contribution is 2.38. The smallest absolute Gasteiger partial charge is 0.172 e. The van der Waals surface area contributed by atoms with E-state index in [1.54, 1.807) is 37.4 Å². The quantitative estimate of drug-likeness (QED) is 0.851. The monoisotopic (exact) mass is 300 g/mol. The van der Waals surface area contributed by atoms with Crippen LogP contribution in [0.5, 0.6) is 17.2 Å². The molecule has 1 aliphatic rings. The van der Waals surface area contributed by atoms with Crippen molar-refractivity contribution in [2.45, 2.75) is 6.10 Å². The van der Waals surface area contributed by atoms with Gasteiger partial charge < -0.3 is 19.7 Å². The Morgan fingerprint density at radius 3 is 2.64 bits per heavy atom. The van der Waals surface area contributed by atoms with Crippen LogP contribution in [0.25, 0.3) is 0 Å². The van der Waals surface area contributed by atoms with Gasteiger partial charge in [0, 0.05) is 11.1 Å². The average Bonchev–Trinajstić information content (AvgIpc) is 2.55. The summed E-state index contributed by atoms with van der Waals surface area (Å²) in [7, 11) is 1.55. The Kier molecular flexibility index (Phi) is 3.73. The number of aliphatic hydroxyl groups excluding tert-OH is 1. The molecule has 0 fully saturated rings. The Morgan fingerprint density at radius 1 is 1.23 bits per heavy atom. The summed E-state index contributed by atoms with van der Waals surface area (Å²) in [5, 5.41) is 20.0. The van der Waals surface area contributed by atoms with Crippen LogP contribution in [0.4, 0.5) is 0 Å². The highest BCUT2D eigenvalue weighted by atomic mass is 16.5. The van der Waals surface area contributed by atoms with Gasteiger partial charge in [0.15, 0.2) is 5.78 Å². The molecule has 1 aliphatic heterocycles. The van der Waals surface area contributed by atoms with E-state index in [2.05, 4.69) is 0 Å². The SMILES string of the molecule is COc1ccc(C(=O)C2COc3ccc(O)cc3C2O)cc1. The van der Waals surface area contributed by atoms with Gasteiger partial charge in [0.05, 0.1) is 19.1 Å². The zero-order valence-corrected chi connectivity index (χ0v) is 12.0. The first-order chi connectivity index (χ1) is 10.6. The van der Waals surface area contributed by atoms with Crippen molar-refractivity contribution in [1.29, 1.82) is 0 Å². The van der Waals surface area contributed by atoms with Crippen LogP contribution in [0.2, 0.25) is 0 Å². The van der Waals surface area contributed by atoms with Crippen LogP contribution in [-0.2, 0) is 0 Å². The number of fused-ring (bicyclic) bond motifs is 1. The molecule has 2 N–H and O–H groups in total. The number of phenolic OH excluding ortho intramolecular Hbond substituents is 1. The number of ether oxygens (including phenoxy) is 2. The number of hydrogen-bond acceptors (Lipinski definition) is 5. The Bertz CT molecular complexity index is 693. The fourth-order valence-corrected chi connectivity index (χ4v) is 2.57. The van der Waals surface area contributed by atoms with Crippen molar-refractivity contribution in [3.05, 3.63) is 53.6 Å². The van der Waals surface area contributed by atoms with Gasteiger partial charge in [-0.3, -0.25) is 4.79 Å². The lowest BCUT2D eigenvalue weighted by molar-refractivity contribution is 0.0416. The summed E-state index contributed by atoms with van der Waals surface area (Å²) < 4.78 is 10.6. The molecular formula is C17H16O5. The Morgan fingerprint density at radius 2 is 1.95 bits per heavy atom. The largest absolute Gasteiger partial charge is 0.508 e. The number of carbonyl (C=O) groups is 1. The molecule has 1 heterocycles. The van der Waals surface area contributed by atoms with Gasteiger partial charge in [0.2, 0.25) is 0 Å². The maximum absolute atomic E-state index is 12.6. The second-order valence-corrected chi connectivity index (χ2v) is 5.18. The summed E-state index contributed by atoms with van der Waals surface area (Å²) in [5.74, 6) is 0.266. The van der Waals surface area contributed by atoms with Gasteiger partial charge in [-0.2, -0.15) is 0 Å². The van der Waals surface area contributed by atoms with E-state index in [9.17, 15) is 15.0 Å². The number of benzene rings is 2. The molecule has 2 unspecified atom stereocenters. The number of Topliss-reactive ketones (excluding diaryl/α,β-unsaturated/α-hetero) is 1. The maximum atomic E-state index is 12.6. The van der Waals surface area contributed by atoms with Crippen LogP contribution in [-0.4, -0.2) is 29.7 Å². The van der Waals surface area contributed by atoms with Gasteiger partial charge in [-0.05, 0) is 42.5 Å².